The molecule has 0 bridgehead atoms. The van der Waals surface area contributed by atoms with Gasteiger partial charge in [0.25, 0.3) is 0 Å². The highest BCUT2D eigenvalue weighted by atomic mass is 31.2. The number of phosphoric acid groups is 1. The van der Waals surface area contributed by atoms with Crippen molar-refractivity contribution in [2.45, 2.75) is 0 Å². The first-order chi connectivity index (χ1) is 18.2. The fourth-order valence-electron chi connectivity index (χ4n) is 3.39. The lowest BCUT2D eigenvalue weighted by Crippen LogP contribution is -2.07. The van der Waals surface area contributed by atoms with Crippen LogP contribution >= 0.6 is 7.82 Å². The van der Waals surface area contributed by atoms with Crippen molar-refractivity contribution in [3.8, 4) is 39.9 Å². The van der Waals surface area contributed by atoms with Gasteiger partial charge in [-0.25, -0.2) is 0 Å². The topological polar surface area (TPSA) is 63.2 Å². The number of rotatable bonds is 10. The van der Waals surface area contributed by atoms with Crippen molar-refractivity contribution in [3.63, 3.8) is 0 Å². The van der Waals surface area contributed by atoms with Crippen molar-refractivity contribution in [1.82, 2.24) is 0 Å². The average molecular weight is 510 g/mol. The van der Waals surface area contributed by atoms with Gasteiger partial charge in [-0.15, -0.1) is 0 Å². The molecule has 0 aromatic heterocycles. The summed E-state index contributed by atoms with van der Waals surface area (Å²) in [5, 5.41) is 0. The van der Waals surface area contributed by atoms with Gasteiger partial charge in [-0.05, 0) is 71.8 Å². The quantitative estimate of drug-likeness (QED) is 0.107. The molecular formula is C30H23O6P. The highest BCUT2D eigenvalue weighted by Gasteiger charge is 2.33. The van der Waals surface area contributed by atoms with E-state index >= 15 is 0 Å². The average Bonchev–Trinajstić information content (AvgIpc) is 2.94. The summed E-state index contributed by atoms with van der Waals surface area (Å²) in [4.78, 5) is 10.7. The van der Waals surface area contributed by atoms with Gasteiger partial charge in [0.1, 0.15) is 17.2 Å². The van der Waals surface area contributed by atoms with Crippen molar-refractivity contribution in [2.75, 3.05) is 0 Å². The van der Waals surface area contributed by atoms with Crippen molar-refractivity contribution in [3.05, 3.63) is 140 Å². The molecular weight excluding hydrogens is 487 g/mol. The monoisotopic (exact) mass is 510 g/mol. The maximum absolute atomic E-state index is 13.6. The fraction of sp³-hybridized carbons (Fsp3) is 0. The van der Waals surface area contributed by atoms with Crippen LogP contribution in [0.5, 0.6) is 28.7 Å². The summed E-state index contributed by atoms with van der Waals surface area (Å²) >= 11 is 0. The van der Waals surface area contributed by atoms with Crippen LogP contribution in [0.2, 0.25) is 0 Å². The van der Waals surface area contributed by atoms with Crippen molar-refractivity contribution in [2.24, 2.45) is 0 Å². The molecule has 0 unspecified atom stereocenters. The Hall–Kier alpha value is -4.67. The van der Waals surface area contributed by atoms with Crippen LogP contribution < -0.4 is 23.3 Å². The van der Waals surface area contributed by atoms with E-state index in [0.717, 1.165) is 11.1 Å². The molecule has 0 fully saturated rings. The van der Waals surface area contributed by atoms with Gasteiger partial charge in [0.15, 0.2) is 11.5 Å². The van der Waals surface area contributed by atoms with Gasteiger partial charge >= 0.3 is 7.82 Å². The van der Waals surface area contributed by atoms with E-state index in [1.807, 2.05) is 78.9 Å². The molecule has 5 aromatic rings. The van der Waals surface area contributed by atoms with E-state index in [0.29, 0.717) is 28.7 Å². The third-order valence-corrected chi connectivity index (χ3v) is 6.46. The molecule has 0 aliphatic rings. The van der Waals surface area contributed by atoms with Crippen LogP contribution in [-0.4, -0.2) is 0 Å². The minimum absolute atomic E-state index is 0.343. The van der Waals surface area contributed by atoms with Crippen molar-refractivity contribution >= 4 is 7.82 Å². The van der Waals surface area contributed by atoms with Crippen LogP contribution in [0.3, 0.4) is 0 Å². The minimum Gasteiger partial charge on any atom is -0.386 e. The second-order valence-electron chi connectivity index (χ2n) is 7.88. The summed E-state index contributed by atoms with van der Waals surface area (Å²) in [6, 6.07) is 41.4. The van der Waals surface area contributed by atoms with Crippen LogP contribution in [-0.2, 0) is 4.57 Å². The molecule has 184 valence electrons. The largest absolute Gasteiger partial charge is 0.647 e. The van der Waals surface area contributed by atoms with E-state index in [1.54, 1.807) is 60.7 Å². The van der Waals surface area contributed by atoms with Crippen LogP contribution in [0.1, 0.15) is 0 Å². The van der Waals surface area contributed by atoms with Gasteiger partial charge < -0.3 is 13.6 Å². The van der Waals surface area contributed by atoms with Crippen LogP contribution in [0, 0.1) is 0 Å². The van der Waals surface area contributed by atoms with E-state index in [9.17, 15) is 4.57 Å². The Morgan fingerprint density at radius 3 is 1.05 bits per heavy atom. The maximum Gasteiger partial charge on any atom is 0.647 e. The third-order valence-electron chi connectivity index (χ3n) is 5.16. The van der Waals surface area contributed by atoms with Crippen LogP contribution in [0.4, 0.5) is 0 Å². The summed E-state index contributed by atoms with van der Waals surface area (Å²) < 4.78 is 30.7. The smallest absolute Gasteiger partial charge is 0.386 e. The number of hydrogen-bond acceptors (Lipinski definition) is 6. The van der Waals surface area contributed by atoms with E-state index in [1.165, 1.54) is 0 Å². The molecule has 0 aliphatic carbocycles. The van der Waals surface area contributed by atoms with Gasteiger partial charge in [0, 0.05) is 0 Å². The number of benzene rings is 5. The zero-order valence-corrected chi connectivity index (χ0v) is 20.6. The van der Waals surface area contributed by atoms with Crippen LogP contribution in [0.25, 0.3) is 11.1 Å². The van der Waals surface area contributed by atoms with Gasteiger partial charge in [-0.1, -0.05) is 78.9 Å². The van der Waals surface area contributed by atoms with E-state index < -0.39 is 7.82 Å². The lowest BCUT2D eigenvalue weighted by atomic mass is 10.1. The summed E-state index contributed by atoms with van der Waals surface area (Å²) in [6.45, 7) is 0. The SMILES string of the molecule is O=P(Oc1ccccc1)(Oc1ccccc1)Oc1ccc(-c2ccc(OOc3ccccc3)cc2)cc1. The lowest BCUT2D eigenvalue weighted by molar-refractivity contribution is -0.0999. The summed E-state index contributed by atoms with van der Waals surface area (Å²) in [5.74, 6) is 2.28. The van der Waals surface area contributed by atoms with Crippen molar-refractivity contribution < 1.29 is 27.9 Å². The molecule has 5 aromatic carbocycles. The highest BCUT2D eigenvalue weighted by Crippen LogP contribution is 2.49. The van der Waals surface area contributed by atoms with Gasteiger partial charge in [-0.2, -0.15) is 4.57 Å². The molecule has 37 heavy (non-hydrogen) atoms. The molecule has 0 saturated heterocycles. The summed E-state index contributed by atoms with van der Waals surface area (Å²) in [7, 11) is -4.04. The first kappa shape index (κ1) is 24.0. The zero-order chi connectivity index (χ0) is 25.3. The highest BCUT2D eigenvalue weighted by molar-refractivity contribution is 7.49. The number of phosphoric ester groups is 1. The van der Waals surface area contributed by atoms with E-state index in [2.05, 4.69) is 0 Å². The Morgan fingerprint density at radius 1 is 0.351 bits per heavy atom. The molecule has 0 radical (unpaired) electrons. The molecule has 0 heterocycles. The first-order valence-corrected chi connectivity index (χ1v) is 13.0. The fourth-order valence-corrected chi connectivity index (χ4v) is 4.64. The number of para-hydroxylation sites is 3. The minimum atomic E-state index is -4.04. The molecule has 7 heteroatoms. The Bertz CT molecular complexity index is 1400. The molecule has 0 saturated carbocycles. The standard InChI is InChI=1S/C30H23O6P/c31-37(34-28-12-6-2-7-13-28,35-29-14-8-3-9-15-29)36-30-22-18-25(19-23-30)24-16-20-27(21-17-24)33-32-26-10-4-1-5-11-26/h1-23H. The Kier molecular flexibility index (Phi) is 7.39. The maximum atomic E-state index is 13.6. The molecule has 6 nitrogen and oxygen atoms in total. The Morgan fingerprint density at radius 2 is 0.649 bits per heavy atom. The molecule has 0 amide bonds. The summed E-state index contributed by atoms with van der Waals surface area (Å²) in [6.07, 6.45) is 0. The van der Waals surface area contributed by atoms with Crippen LogP contribution in [0.15, 0.2) is 140 Å². The van der Waals surface area contributed by atoms with E-state index in [4.69, 9.17) is 23.3 Å². The van der Waals surface area contributed by atoms with Crippen molar-refractivity contribution in [1.29, 1.82) is 0 Å². The molecule has 0 N–H and O–H groups in total. The second-order valence-corrected chi connectivity index (χ2v) is 9.32. The normalized spacial score (nSPS) is 10.8. The predicted octanol–water partition coefficient (Wildman–Crippen LogP) is 8.37. The Balaban J connectivity index is 1.28. The molecule has 0 atom stereocenters. The third kappa shape index (κ3) is 6.72. The molecule has 0 aliphatic heterocycles. The second kappa shape index (κ2) is 11.4. The first-order valence-electron chi connectivity index (χ1n) is 11.5. The lowest BCUT2D eigenvalue weighted by Gasteiger charge is -2.19. The van der Waals surface area contributed by atoms with E-state index in [-0.39, 0.29) is 0 Å². The van der Waals surface area contributed by atoms with Gasteiger partial charge in [0.05, 0.1) is 0 Å². The number of hydrogen-bond donors (Lipinski definition) is 0. The predicted molar refractivity (Wildman–Crippen MR) is 142 cm³/mol. The summed E-state index contributed by atoms with van der Waals surface area (Å²) in [5.41, 5.74) is 1.90. The molecule has 5 rings (SSSR count). The molecule has 0 spiro atoms. The Labute approximate surface area is 215 Å². The van der Waals surface area contributed by atoms with Gasteiger partial charge in [-0.3, -0.25) is 9.78 Å². The zero-order valence-electron chi connectivity index (χ0n) is 19.7. The van der Waals surface area contributed by atoms with Gasteiger partial charge in [0.2, 0.25) is 0 Å².